The number of anilines is 1. The molecule has 1 fully saturated rings. The van der Waals surface area contributed by atoms with Gasteiger partial charge in [0.05, 0.1) is 7.11 Å². The van der Waals surface area contributed by atoms with Crippen LogP contribution in [0.2, 0.25) is 0 Å². The van der Waals surface area contributed by atoms with E-state index in [0.717, 1.165) is 5.75 Å². The molecular formula is C19H22FN3O3. The molecule has 0 spiro atoms. The number of amides is 1. The van der Waals surface area contributed by atoms with E-state index in [1.54, 1.807) is 48.4 Å². The van der Waals surface area contributed by atoms with Gasteiger partial charge in [0.15, 0.2) is 6.61 Å². The number of carbonyl (C=O) groups excluding carboxylic acids is 1. The highest BCUT2D eigenvalue weighted by Gasteiger charge is 2.27. The zero-order valence-corrected chi connectivity index (χ0v) is 14.9. The zero-order chi connectivity index (χ0) is 18.5. The lowest BCUT2D eigenvalue weighted by Gasteiger charge is -2.40. The summed E-state index contributed by atoms with van der Waals surface area (Å²) in [6, 6.07) is 11.9. The number of piperazine rings is 1. The van der Waals surface area contributed by atoms with E-state index in [2.05, 4.69) is 4.98 Å². The van der Waals surface area contributed by atoms with Gasteiger partial charge in [0.25, 0.3) is 5.91 Å². The van der Waals surface area contributed by atoms with Crippen molar-refractivity contribution in [3.8, 4) is 11.5 Å². The lowest BCUT2D eigenvalue weighted by Crippen LogP contribution is -2.54. The van der Waals surface area contributed by atoms with Crippen LogP contribution in [0, 0.1) is 5.95 Å². The Morgan fingerprint density at radius 1 is 1.19 bits per heavy atom. The fraction of sp³-hybridized carbons (Fsp3) is 0.368. The molecule has 0 aliphatic carbocycles. The van der Waals surface area contributed by atoms with Gasteiger partial charge in [-0.15, -0.1) is 0 Å². The molecule has 138 valence electrons. The fourth-order valence-corrected chi connectivity index (χ4v) is 2.99. The molecule has 0 radical (unpaired) electrons. The highest BCUT2D eigenvalue weighted by molar-refractivity contribution is 5.78. The second-order valence-corrected chi connectivity index (χ2v) is 6.16. The number of halogens is 1. The predicted molar refractivity (Wildman–Crippen MR) is 96.1 cm³/mol. The van der Waals surface area contributed by atoms with Gasteiger partial charge in [-0.05, 0) is 43.3 Å². The molecule has 1 aliphatic heterocycles. The molecule has 2 heterocycles. The fourth-order valence-electron chi connectivity index (χ4n) is 2.99. The molecule has 1 aromatic carbocycles. The number of methoxy groups -OCH3 is 1. The number of aromatic nitrogens is 1. The van der Waals surface area contributed by atoms with Crippen molar-refractivity contribution in [2.75, 3.05) is 38.3 Å². The highest BCUT2D eigenvalue weighted by Crippen LogP contribution is 2.20. The van der Waals surface area contributed by atoms with Gasteiger partial charge in [-0.25, -0.2) is 4.98 Å². The Morgan fingerprint density at radius 2 is 1.92 bits per heavy atom. The molecular weight excluding hydrogens is 337 g/mol. The summed E-state index contributed by atoms with van der Waals surface area (Å²) >= 11 is 0. The third-order valence-electron chi connectivity index (χ3n) is 4.40. The smallest absolute Gasteiger partial charge is 0.260 e. The summed E-state index contributed by atoms with van der Waals surface area (Å²) in [5, 5.41) is 0. The molecule has 1 atom stereocenters. The van der Waals surface area contributed by atoms with Crippen molar-refractivity contribution in [1.29, 1.82) is 0 Å². The molecule has 7 heteroatoms. The Kier molecular flexibility index (Phi) is 5.55. The van der Waals surface area contributed by atoms with Crippen molar-refractivity contribution in [3.63, 3.8) is 0 Å². The van der Waals surface area contributed by atoms with Crippen LogP contribution in [0.4, 0.5) is 10.2 Å². The summed E-state index contributed by atoms with van der Waals surface area (Å²) in [6.45, 7) is 3.68. The first kappa shape index (κ1) is 18.0. The van der Waals surface area contributed by atoms with Crippen LogP contribution < -0.4 is 14.4 Å². The SMILES string of the molecule is COc1ccc(OCC(=O)N2CCN(c3cccc(F)n3)C(C)C2)cc1. The Bertz CT molecular complexity index is 754. The van der Waals surface area contributed by atoms with Crippen molar-refractivity contribution in [1.82, 2.24) is 9.88 Å². The number of pyridine rings is 1. The van der Waals surface area contributed by atoms with Gasteiger partial charge in [-0.2, -0.15) is 4.39 Å². The van der Waals surface area contributed by atoms with E-state index in [0.29, 0.717) is 31.2 Å². The zero-order valence-electron chi connectivity index (χ0n) is 14.9. The van der Waals surface area contributed by atoms with Gasteiger partial charge in [0.1, 0.15) is 17.3 Å². The normalized spacial score (nSPS) is 17.1. The van der Waals surface area contributed by atoms with Gasteiger partial charge in [-0.1, -0.05) is 6.07 Å². The van der Waals surface area contributed by atoms with Crippen LogP contribution in [0.25, 0.3) is 0 Å². The monoisotopic (exact) mass is 359 g/mol. The Balaban J connectivity index is 1.53. The molecule has 1 amide bonds. The quantitative estimate of drug-likeness (QED) is 0.767. The molecule has 1 unspecified atom stereocenters. The van der Waals surface area contributed by atoms with Crippen LogP contribution >= 0.6 is 0 Å². The topological polar surface area (TPSA) is 54.9 Å². The molecule has 1 aromatic heterocycles. The third kappa shape index (κ3) is 4.22. The minimum Gasteiger partial charge on any atom is -0.497 e. The third-order valence-corrected chi connectivity index (χ3v) is 4.40. The predicted octanol–water partition coefficient (Wildman–Crippen LogP) is 2.35. The maximum absolute atomic E-state index is 13.3. The molecule has 1 saturated heterocycles. The lowest BCUT2D eigenvalue weighted by atomic mass is 10.2. The average Bonchev–Trinajstić information content (AvgIpc) is 2.66. The number of rotatable bonds is 5. The Morgan fingerprint density at radius 3 is 2.58 bits per heavy atom. The van der Waals surface area contributed by atoms with Crippen molar-refractivity contribution in [2.45, 2.75) is 13.0 Å². The van der Waals surface area contributed by atoms with E-state index >= 15 is 0 Å². The summed E-state index contributed by atoms with van der Waals surface area (Å²) in [7, 11) is 1.60. The second kappa shape index (κ2) is 8.03. The van der Waals surface area contributed by atoms with Crippen molar-refractivity contribution >= 4 is 11.7 Å². The van der Waals surface area contributed by atoms with Gasteiger partial charge in [0, 0.05) is 25.7 Å². The highest BCUT2D eigenvalue weighted by atomic mass is 19.1. The van der Waals surface area contributed by atoms with Crippen molar-refractivity contribution < 1.29 is 18.7 Å². The van der Waals surface area contributed by atoms with Crippen LogP contribution in [-0.2, 0) is 4.79 Å². The molecule has 0 bridgehead atoms. The standard InChI is InChI=1S/C19H22FN3O3/c1-14-12-22(10-11-23(14)18-5-3-4-17(20)21-18)19(24)13-26-16-8-6-15(25-2)7-9-16/h3-9,14H,10-13H2,1-2H3. The van der Waals surface area contributed by atoms with Gasteiger partial charge in [0.2, 0.25) is 5.95 Å². The van der Waals surface area contributed by atoms with E-state index in [1.807, 2.05) is 11.8 Å². The summed E-state index contributed by atoms with van der Waals surface area (Å²) in [6.07, 6.45) is 0. The minimum absolute atomic E-state index is 0.0166. The van der Waals surface area contributed by atoms with Crippen LogP contribution in [0.3, 0.4) is 0 Å². The van der Waals surface area contributed by atoms with Crippen LogP contribution in [0.1, 0.15) is 6.92 Å². The van der Waals surface area contributed by atoms with E-state index in [-0.39, 0.29) is 18.6 Å². The molecule has 1 aliphatic rings. The van der Waals surface area contributed by atoms with Gasteiger partial charge < -0.3 is 19.3 Å². The van der Waals surface area contributed by atoms with E-state index in [1.165, 1.54) is 6.07 Å². The van der Waals surface area contributed by atoms with Crippen LogP contribution in [0.15, 0.2) is 42.5 Å². The van der Waals surface area contributed by atoms with Crippen molar-refractivity contribution in [3.05, 3.63) is 48.4 Å². The summed E-state index contributed by atoms with van der Waals surface area (Å²) < 4.78 is 24.0. The first-order valence-corrected chi connectivity index (χ1v) is 8.50. The largest absolute Gasteiger partial charge is 0.497 e. The van der Waals surface area contributed by atoms with E-state index in [4.69, 9.17) is 9.47 Å². The van der Waals surface area contributed by atoms with Crippen LogP contribution in [0.5, 0.6) is 11.5 Å². The maximum Gasteiger partial charge on any atom is 0.260 e. The second-order valence-electron chi connectivity index (χ2n) is 6.16. The molecule has 26 heavy (non-hydrogen) atoms. The molecule has 0 N–H and O–H groups in total. The molecule has 6 nitrogen and oxygen atoms in total. The number of ether oxygens (including phenoxy) is 2. The van der Waals surface area contributed by atoms with Gasteiger partial charge in [-0.3, -0.25) is 4.79 Å². The van der Waals surface area contributed by atoms with E-state index in [9.17, 15) is 9.18 Å². The van der Waals surface area contributed by atoms with Gasteiger partial charge >= 0.3 is 0 Å². The lowest BCUT2D eigenvalue weighted by molar-refractivity contribution is -0.134. The number of hydrogen-bond donors (Lipinski definition) is 0. The maximum atomic E-state index is 13.3. The first-order valence-electron chi connectivity index (χ1n) is 8.50. The number of benzene rings is 1. The summed E-state index contributed by atoms with van der Waals surface area (Å²) in [5.41, 5.74) is 0. The Labute approximate surface area is 152 Å². The number of carbonyl (C=O) groups is 1. The molecule has 2 aromatic rings. The number of hydrogen-bond acceptors (Lipinski definition) is 5. The average molecular weight is 359 g/mol. The Hall–Kier alpha value is -2.83. The number of nitrogens with zero attached hydrogens (tertiary/aromatic N) is 3. The molecule has 0 saturated carbocycles. The van der Waals surface area contributed by atoms with E-state index < -0.39 is 5.95 Å². The van der Waals surface area contributed by atoms with Crippen LogP contribution in [-0.4, -0.2) is 55.2 Å². The first-order chi connectivity index (χ1) is 12.6. The minimum atomic E-state index is -0.499. The van der Waals surface area contributed by atoms with Crippen molar-refractivity contribution in [2.24, 2.45) is 0 Å². The summed E-state index contributed by atoms with van der Waals surface area (Å²) in [4.78, 5) is 20.1. The summed E-state index contributed by atoms with van der Waals surface area (Å²) in [5.74, 6) is 1.38. The molecule has 3 rings (SSSR count).